The van der Waals surface area contributed by atoms with Gasteiger partial charge in [0.1, 0.15) is 6.61 Å². The van der Waals surface area contributed by atoms with Crippen LogP contribution < -0.4 is 0 Å². The minimum Gasteiger partial charge on any atom is -0.423 e. The highest BCUT2D eigenvalue weighted by Crippen LogP contribution is 2.12. The van der Waals surface area contributed by atoms with Crippen LogP contribution in [-0.2, 0) is 17.8 Å². The van der Waals surface area contributed by atoms with E-state index in [2.05, 4.69) is 13.0 Å². The van der Waals surface area contributed by atoms with Gasteiger partial charge in [-0.3, -0.25) is 0 Å². The monoisotopic (exact) mass is 189 g/mol. The smallest absolute Gasteiger partial charge is 0.286 e. The first kappa shape index (κ1) is 10.6. The summed E-state index contributed by atoms with van der Waals surface area (Å²) in [6.07, 6.45) is 5.14. The number of hydrogen-bond donors (Lipinski definition) is 0. The molecule has 0 N–H and O–H groups in total. The van der Waals surface area contributed by atoms with Crippen LogP contribution in [0, 0.1) is 11.5 Å². The number of unbranched alkanes of at least 4 members (excludes halogenated alkanes) is 1. The zero-order valence-electron chi connectivity index (χ0n) is 8.49. The summed E-state index contributed by atoms with van der Waals surface area (Å²) in [4.78, 5) is 0. The fourth-order valence-corrected chi connectivity index (χ4v) is 1.42. The van der Waals surface area contributed by atoms with Gasteiger partial charge in [-0.1, -0.05) is 37.6 Å². The average molecular weight is 189 g/mol. The molecule has 0 saturated carbocycles. The highest BCUT2D eigenvalue weighted by Gasteiger charge is 2.00. The van der Waals surface area contributed by atoms with Gasteiger partial charge in [0.25, 0.3) is 6.26 Å². The minimum absolute atomic E-state index is 0.399. The van der Waals surface area contributed by atoms with E-state index in [1.165, 1.54) is 18.4 Å². The van der Waals surface area contributed by atoms with E-state index in [9.17, 15) is 0 Å². The predicted molar refractivity (Wildman–Crippen MR) is 55.5 cm³/mol. The molecule has 2 nitrogen and oxygen atoms in total. The van der Waals surface area contributed by atoms with Crippen molar-refractivity contribution >= 4 is 0 Å². The number of nitriles is 1. The van der Waals surface area contributed by atoms with Crippen LogP contribution in [0.2, 0.25) is 0 Å². The van der Waals surface area contributed by atoms with Crippen LogP contribution in [0.15, 0.2) is 24.3 Å². The molecule has 0 fully saturated rings. The molecule has 0 amide bonds. The van der Waals surface area contributed by atoms with E-state index in [-0.39, 0.29) is 0 Å². The van der Waals surface area contributed by atoms with Gasteiger partial charge in [0.05, 0.1) is 0 Å². The van der Waals surface area contributed by atoms with Crippen LogP contribution in [0.3, 0.4) is 0 Å². The maximum Gasteiger partial charge on any atom is 0.286 e. The number of benzene rings is 1. The van der Waals surface area contributed by atoms with E-state index in [0.717, 1.165) is 12.0 Å². The number of hydrogen-bond acceptors (Lipinski definition) is 2. The Morgan fingerprint density at radius 2 is 2.00 bits per heavy atom. The number of ether oxygens (including phenoxy) is 1. The Labute approximate surface area is 85.1 Å². The lowest BCUT2D eigenvalue weighted by atomic mass is 10.0. The van der Waals surface area contributed by atoms with Crippen LogP contribution in [0.1, 0.15) is 30.9 Å². The van der Waals surface area contributed by atoms with Crippen molar-refractivity contribution in [3.63, 3.8) is 0 Å². The third kappa shape index (κ3) is 3.10. The van der Waals surface area contributed by atoms with Gasteiger partial charge < -0.3 is 4.74 Å². The summed E-state index contributed by atoms with van der Waals surface area (Å²) in [5.74, 6) is 0. The number of aryl methyl sites for hydroxylation is 1. The molecule has 0 heterocycles. The Bertz CT molecular complexity index is 314. The van der Waals surface area contributed by atoms with E-state index in [1.807, 2.05) is 18.2 Å². The molecule has 0 spiro atoms. The van der Waals surface area contributed by atoms with Gasteiger partial charge in [-0.05, 0) is 24.0 Å². The summed E-state index contributed by atoms with van der Waals surface area (Å²) in [7, 11) is 0. The van der Waals surface area contributed by atoms with Gasteiger partial charge in [0.15, 0.2) is 0 Å². The van der Waals surface area contributed by atoms with E-state index in [0.29, 0.717) is 6.61 Å². The molecule has 0 radical (unpaired) electrons. The molecule has 0 aliphatic rings. The molecule has 0 bridgehead atoms. The van der Waals surface area contributed by atoms with Crippen LogP contribution >= 0.6 is 0 Å². The first-order valence-corrected chi connectivity index (χ1v) is 4.96. The first-order chi connectivity index (χ1) is 6.88. The van der Waals surface area contributed by atoms with Crippen LogP contribution in [0.5, 0.6) is 0 Å². The van der Waals surface area contributed by atoms with Gasteiger partial charge in [-0.2, -0.15) is 5.26 Å². The van der Waals surface area contributed by atoms with Crippen LogP contribution in [0.4, 0.5) is 0 Å². The number of rotatable bonds is 5. The second kappa shape index (κ2) is 6.04. The molecular weight excluding hydrogens is 174 g/mol. The zero-order valence-corrected chi connectivity index (χ0v) is 8.49. The summed E-state index contributed by atoms with van der Waals surface area (Å²) in [5.41, 5.74) is 2.42. The zero-order chi connectivity index (χ0) is 10.2. The molecule has 74 valence electrons. The topological polar surface area (TPSA) is 33.0 Å². The molecule has 14 heavy (non-hydrogen) atoms. The Hall–Kier alpha value is -1.49. The third-order valence-corrected chi connectivity index (χ3v) is 2.21. The fraction of sp³-hybridized carbons (Fsp3) is 0.417. The maximum absolute atomic E-state index is 8.32. The van der Waals surface area contributed by atoms with E-state index < -0.39 is 0 Å². The van der Waals surface area contributed by atoms with Crippen molar-refractivity contribution < 1.29 is 4.74 Å². The first-order valence-electron chi connectivity index (χ1n) is 4.96. The highest BCUT2D eigenvalue weighted by molar-refractivity contribution is 5.26. The lowest BCUT2D eigenvalue weighted by molar-refractivity contribution is 0.256. The molecule has 2 heteroatoms. The molecule has 1 aromatic carbocycles. The second-order valence-corrected chi connectivity index (χ2v) is 3.25. The third-order valence-electron chi connectivity index (χ3n) is 2.21. The van der Waals surface area contributed by atoms with Crippen molar-refractivity contribution in [2.75, 3.05) is 0 Å². The van der Waals surface area contributed by atoms with Crippen molar-refractivity contribution in [2.24, 2.45) is 0 Å². The van der Waals surface area contributed by atoms with Gasteiger partial charge in [-0.15, -0.1) is 0 Å². The molecule has 0 aliphatic heterocycles. The molecule has 0 aliphatic carbocycles. The molecule has 0 saturated heterocycles. The summed E-state index contributed by atoms with van der Waals surface area (Å²) < 4.78 is 4.75. The number of nitrogens with zero attached hydrogens (tertiary/aromatic N) is 1. The van der Waals surface area contributed by atoms with Crippen molar-refractivity contribution in [2.45, 2.75) is 32.8 Å². The SMILES string of the molecule is CCCCc1ccccc1COC#N. The summed E-state index contributed by atoms with van der Waals surface area (Å²) in [6, 6.07) is 8.13. The highest BCUT2D eigenvalue weighted by atomic mass is 16.5. The van der Waals surface area contributed by atoms with Crippen LogP contribution in [-0.4, -0.2) is 0 Å². The molecule has 0 aromatic heterocycles. The summed E-state index contributed by atoms with van der Waals surface area (Å²) in [5, 5.41) is 8.32. The maximum atomic E-state index is 8.32. The Kier molecular flexibility index (Phi) is 4.57. The molecule has 1 rings (SSSR count). The predicted octanol–water partition coefficient (Wildman–Crippen LogP) is 3.03. The standard InChI is InChI=1S/C12H15NO/c1-2-3-6-11-7-4-5-8-12(11)9-14-10-13/h4-5,7-8H,2-3,6,9H2,1H3. The van der Waals surface area contributed by atoms with E-state index >= 15 is 0 Å². The fourth-order valence-electron chi connectivity index (χ4n) is 1.42. The molecule has 0 atom stereocenters. The second-order valence-electron chi connectivity index (χ2n) is 3.25. The molecule has 1 aromatic rings. The Balaban J connectivity index is 2.65. The Morgan fingerprint density at radius 1 is 1.29 bits per heavy atom. The van der Waals surface area contributed by atoms with Gasteiger partial charge >= 0.3 is 0 Å². The summed E-state index contributed by atoms with van der Waals surface area (Å²) >= 11 is 0. The average Bonchev–Trinajstić information content (AvgIpc) is 2.24. The van der Waals surface area contributed by atoms with Crippen molar-refractivity contribution in [1.82, 2.24) is 0 Å². The minimum atomic E-state index is 0.399. The van der Waals surface area contributed by atoms with E-state index in [1.54, 1.807) is 6.26 Å². The lowest BCUT2D eigenvalue weighted by Gasteiger charge is -2.06. The van der Waals surface area contributed by atoms with Gasteiger partial charge in [0.2, 0.25) is 0 Å². The van der Waals surface area contributed by atoms with Crippen molar-refractivity contribution in [3.8, 4) is 6.26 Å². The lowest BCUT2D eigenvalue weighted by Crippen LogP contribution is -1.95. The summed E-state index contributed by atoms with van der Waals surface area (Å²) in [6.45, 7) is 2.57. The van der Waals surface area contributed by atoms with Gasteiger partial charge in [0, 0.05) is 0 Å². The molecular formula is C12H15NO. The van der Waals surface area contributed by atoms with Crippen molar-refractivity contribution in [1.29, 1.82) is 5.26 Å². The largest absolute Gasteiger partial charge is 0.423 e. The quantitative estimate of drug-likeness (QED) is 0.667. The normalized spacial score (nSPS) is 9.43. The van der Waals surface area contributed by atoms with Crippen LogP contribution in [0.25, 0.3) is 0 Å². The van der Waals surface area contributed by atoms with Crippen molar-refractivity contribution in [3.05, 3.63) is 35.4 Å². The van der Waals surface area contributed by atoms with Gasteiger partial charge in [-0.25, -0.2) is 0 Å². The molecule has 0 unspecified atom stereocenters. The Morgan fingerprint density at radius 3 is 2.64 bits per heavy atom. The van der Waals surface area contributed by atoms with E-state index in [4.69, 9.17) is 10.00 Å².